The van der Waals surface area contributed by atoms with E-state index in [1.54, 1.807) is 52.0 Å². The Kier molecular flexibility index (Phi) is 9.19. The Morgan fingerprint density at radius 1 is 1.03 bits per heavy atom. The van der Waals surface area contributed by atoms with Crippen LogP contribution < -0.4 is 9.47 Å². The van der Waals surface area contributed by atoms with E-state index in [0.29, 0.717) is 22.7 Å². The summed E-state index contributed by atoms with van der Waals surface area (Å²) in [5.41, 5.74) is 0.748. The second-order valence-corrected chi connectivity index (χ2v) is 8.95. The molecule has 0 amide bonds. The lowest BCUT2D eigenvalue weighted by molar-refractivity contribution is -0.150. The standard InChI is InChI=1S/C28H30F3NO6/c1-16(2)38-27(34)24-18(4)32-17(3)23(25(24)21-11-6-7-12-22(21)35-5)26(33)37-14-13-36-20-10-8-9-19(15-20)28(29,30)31/h6-12,15-16,24-25H,13-14H2,1-5H3. The topological polar surface area (TPSA) is 83.4 Å². The van der Waals surface area contributed by atoms with Gasteiger partial charge < -0.3 is 18.9 Å². The molecule has 0 saturated heterocycles. The van der Waals surface area contributed by atoms with Crippen LogP contribution in [0.2, 0.25) is 0 Å². The van der Waals surface area contributed by atoms with Gasteiger partial charge in [0.1, 0.15) is 30.6 Å². The van der Waals surface area contributed by atoms with Gasteiger partial charge in [-0.15, -0.1) is 0 Å². The van der Waals surface area contributed by atoms with Crippen LogP contribution in [0.4, 0.5) is 13.2 Å². The van der Waals surface area contributed by atoms with Gasteiger partial charge in [-0.05, 0) is 52.0 Å². The van der Waals surface area contributed by atoms with E-state index in [9.17, 15) is 22.8 Å². The number of halogens is 3. The van der Waals surface area contributed by atoms with Gasteiger partial charge in [0.25, 0.3) is 0 Å². The van der Waals surface area contributed by atoms with Crippen molar-refractivity contribution in [2.45, 2.75) is 45.9 Å². The van der Waals surface area contributed by atoms with Crippen LogP contribution in [0.5, 0.6) is 11.5 Å². The molecule has 0 N–H and O–H groups in total. The summed E-state index contributed by atoms with van der Waals surface area (Å²) >= 11 is 0. The predicted octanol–water partition coefficient (Wildman–Crippen LogP) is 5.74. The number of hydrogen-bond donors (Lipinski definition) is 0. The molecule has 0 radical (unpaired) electrons. The van der Waals surface area contributed by atoms with Crippen LogP contribution in [0.15, 0.2) is 64.8 Å². The van der Waals surface area contributed by atoms with Crippen LogP contribution >= 0.6 is 0 Å². The third-order valence-electron chi connectivity index (χ3n) is 5.87. The van der Waals surface area contributed by atoms with Crippen LogP contribution in [-0.2, 0) is 25.2 Å². The highest BCUT2D eigenvalue weighted by Crippen LogP contribution is 2.43. The van der Waals surface area contributed by atoms with E-state index in [1.807, 2.05) is 0 Å². The number of ether oxygens (including phenoxy) is 4. The van der Waals surface area contributed by atoms with E-state index < -0.39 is 35.5 Å². The van der Waals surface area contributed by atoms with Crippen LogP contribution in [-0.4, -0.2) is 44.1 Å². The molecule has 0 fully saturated rings. The van der Waals surface area contributed by atoms with Crippen molar-refractivity contribution in [1.82, 2.24) is 0 Å². The zero-order valence-electron chi connectivity index (χ0n) is 21.8. The van der Waals surface area contributed by atoms with Crippen molar-refractivity contribution in [1.29, 1.82) is 0 Å². The minimum atomic E-state index is -4.50. The van der Waals surface area contributed by atoms with Crippen LogP contribution in [0.25, 0.3) is 0 Å². The third-order valence-corrected chi connectivity index (χ3v) is 5.87. The van der Waals surface area contributed by atoms with Crippen molar-refractivity contribution in [2.75, 3.05) is 20.3 Å². The molecule has 0 saturated carbocycles. The largest absolute Gasteiger partial charge is 0.496 e. The molecule has 0 aromatic heterocycles. The monoisotopic (exact) mass is 533 g/mol. The highest BCUT2D eigenvalue weighted by atomic mass is 19.4. The Hall–Kier alpha value is -3.82. The number of nitrogens with zero attached hydrogens (tertiary/aromatic N) is 1. The SMILES string of the molecule is COc1ccccc1C1C(C(=O)OCCOc2cccc(C(F)(F)F)c2)=C(C)N=C(C)C1C(=O)OC(C)C. The summed E-state index contributed by atoms with van der Waals surface area (Å²) in [6.45, 7) is 6.38. The molecular formula is C28H30F3NO6. The second-order valence-electron chi connectivity index (χ2n) is 8.95. The minimum Gasteiger partial charge on any atom is -0.496 e. The van der Waals surface area contributed by atoms with Gasteiger partial charge in [-0.25, -0.2) is 4.79 Å². The molecule has 1 heterocycles. The lowest BCUT2D eigenvalue weighted by Gasteiger charge is -2.32. The number of esters is 2. The molecule has 0 spiro atoms. The molecule has 1 aliphatic heterocycles. The van der Waals surface area contributed by atoms with Gasteiger partial charge in [-0.2, -0.15) is 13.2 Å². The number of carbonyl (C=O) groups is 2. The molecule has 2 aromatic rings. The lowest BCUT2D eigenvalue weighted by Crippen LogP contribution is -2.37. The van der Waals surface area contributed by atoms with Gasteiger partial charge >= 0.3 is 18.1 Å². The fourth-order valence-corrected chi connectivity index (χ4v) is 4.31. The third kappa shape index (κ3) is 6.73. The van der Waals surface area contributed by atoms with E-state index in [2.05, 4.69) is 4.99 Å². The van der Waals surface area contributed by atoms with Crippen molar-refractivity contribution < 1.29 is 41.7 Å². The summed E-state index contributed by atoms with van der Waals surface area (Å²) in [6.07, 6.45) is -4.89. The molecule has 1 aliphatic rings. The van der Waals surface area contributed by atoms with Crippen molar-refractivity contribution in [3.05, 3.63) is 70.9 Å². The molecule has 2 unspecified atom stereocenters. The average molecular weight is 534 g/mol. The minimum absolute atomic E-state index is 0.00689. The first-order chi connectivity index (χ1) is 17.9. The summed E-state index contributed by atoms with van der Waals surface area (Å²) in [4.78, 5) is 31.0. The molecule has 10 heteroatoms. The van der Waals surface area contributed by atoms with E-state index in [0.717, 1.165) is 12.1 Å². The highest BCUT2D eigenvalue weighted by Gasteiger charge is 2.43. The normalized spacial score (nSPS) is 17.7. The van der Waals surface area contributed by atoms with Gasteiger partial charge in [0.15, 0.2) is 0 Å². The number of para-hydroxylation sites is 1. The van der Waals surface area contributed by atoms with E-state index in [4.69, 9.17) is 18.9 Å². The van der Waals surface area contributed by atoms with Crippen molar-refractivity contribution in [3.8, 4) is 11.5 Å². The van der Waals surface area contributed by atoms with E-state index in [-0.39, 0.29) is 30.6 Å². The number of aliphatic imine (C=N–C) groups is 1. The van der Waals surface area contributed by atoms with Gasteiger partial charge in [0, 0.05) is 22.9 Å². The summed E-state index contributed by atoms with van der Waals surface area (Å²) in [7, 11) is 1.49. The van der Waals surface area contributed by atoms with Gasteiger partial charge in [-0.1, -0.05) is 24.3 Å². The van der Waals surface area contributed by atoms with Crippen molar-refractivity contribution >= 4 is 17.7 Å². The maximum absolute atomic E-state index is 13.3. The summed E-state index contributed by atoms with van der Waals surface area (Å²) in [5.74, 6) is -2.51. The number of hydrogen-bond acceptors (Lipinski definition) is 7. The summed E-state index contributed by atoms with van der Waals surface area (Å²) in [5, 5.41) is 0. The summed E-state index contributed by atoms with van der Waals surface area (Å²) in [6, 6.07) is 11.4. The molecule has 0 aliphatic carbocycles. The molecule has 3 rings (SSSR count). The molecule has 2 aromatic carbocycles. The Balaban J connectivity index is 1.84. The number of benzene rings is 2. The van der Waals surface area contributed by atoms with Gasteiger partial charge in [-0.3, -0.25) is 9.79 Å². The Morgan fingerprint density at radius 2 is 1.74 bits per heavy atom. The second kappa shape index (κ2) is 12.1. The number of methoxy groups -OCH3 is 1. The molecule has 204 valence electrons. The molecule has 38 heavy (non-hydrogen) atoms. The summed E-state index contributed by atoms with van der Waals surface area (Å²) < 4.78 is 60.6. The zero-order chi connectivity index (χ0) is 28.0. The maximum atomic E-state index is 13.3. The Labute approximate surface area is 219 Å². The molecule has 7 nitrogen and oxygen atoms in total. The zero-order valence-corrected chi connectivity index (χ0v) is 21.8. The lowest BCUT2D eigenvalue weighted by atomic mass is 9.75. The van der Waals surface area contributed by atoms with Crippen molar-refractivity contribution in [3.63, 3.8) is 0 Å². The smallest absolute Gasteiger partial charge is 0.416 e. The Morgan fingerprint density at radius 3 is 2.39 bits per heavy atom. The average Bonchev–Trinajstić information content (AvgIpc) is 2.85. The number of alkyl halides is 3. The van der Waals surface area contributed by atoms with Crippen molar-refractivity contribution in [2.24, 2.45) is 10.9 Å². The van der Waals surface area contributed by atoms with Crippen LogP contribution in [0.3, 0.4) is 0 Å². The van der Waals surface area contributed by atoms with E-state index in [1.165, 1.54) is 19.2 Å². The number of carbonyl (C=O) groups excluding carboxylic acids is 2. The van der Waals surface area contributed by atoms with Crippen LogP contribution in [0.1, 0.15) is 44.7 Å². The molecule has 2 atom stereocenters. The fourth-order valence-electron chi connectivity index (χ4n) is 4.31. The van der Waals surface area contributed by atoms with Crippen LogP contribution in [0, 0.1) is 5.92 Å². The quantitative estimate of drug-likeness (QED) is 0.302. The molecular weight excluding hydrogens is 503 g/mol. The number of rotatable bonds is 9. The highest BCUT2D eigenvalue weighted by molar-refractivity contribution is 6.07. The first-order valence-electron chi connectivity index (χ1n) is 12.0. The predicted molar refractivity (Wildman–Crippen MR) is 134 cm³/mol. The number of allylic oxidation sites excluding steroid dienone is 1. The maximum Gasteiger partial charge on any atom is 0.416 e. The first-order valence-corrected chi connectivity index (χ1v) is 12.0. The van der Waals surface area contributed by atoms with Gasteiger partial charge in [0.05, 0.1) is 24.4 Å². The van der Waals surface area contributed by atoms with E-state index >= 15 is 0 Å². The Bertz CT molecular complexity index is 1240. The fraction of sp³-hybridized carbons (Fsp3) is 0.393. The first kappa shape index (κ1) is 28.7. The van der Waals surface area contributed by atoms with Gasteiger partial charge in [0.2, 0.25) is 0 Å². The molecule has 0 bridgehead atoms.